The summed E-state index contributed by atoms with van der Waals surface area (Å²) in [6.07, 6.45) is 1.39. The SMILES string of the molecule is CC(OC=O)c1c[nH]c2cc(F)ccc12. The molecule has 0 aliphatic carbocycles. The molecule has 4 heteroatoms. The van der Waals surface area contributed by atoms with Crippen molar-refractivity contribution in [2.45, 2.75) is 13.0 Å². The van der Waals surface area contributed by atoms with Crippen LogP contribution in [0.4, 0.5) is 4.39 Å². The van der Waals surface area contributed by atoms with Crippen molar-refractivity contribution in [1.82, 2.24) is 4.98 Å². The molecule has 0 saturated heterocycles. The molecule has 0 amide bonds. The van der Waals surface area contributed by atoms with Gasteiger partial charge in [-0.2, -0.15) is 0 Å². The van der Waals surface area contributed by atoms with E-state index in [0.29, 0.717) is 12.0 Å². The van der Waals surface area contributed by atoms with Gasteiger partial charge in [0.15, 0.2) is 0 Å². The molecule has 78 valence electrons. The molecule has 0 fully saturated rings. The number of ether oxygens (including phenoxy) is 1. The Hall–Kier alpha value is -1.84. The molecule has 1 heterocycles. The maximum atomic E-state index is 12.9. The Morgan fingerprint density at radius 2 is 2.33 bits per heavy atom. The number of hydrogen-bond acceptors (Lipinski definition) is 2. The van der Waals surface area contributed by atoms with Crippen LogP contribution in [0.5, 0.6) is 0 Å². The van der Waals surface area contributed by atoms with Gasteiger partial charge in [0.25, 0.3) is 6.47 Å². The summed E-state index contributed by atoms with van der Waals surface area (Å²) in [6.45, 7) is 2.17. The summed E-state index contributed by atoms with van der Waals surface area (Å²) in [6, 6.07) is 4.46. The molecule has 1 aromatic carbocycles. The minimum absolute atomic E-state index is 0.292. The third-order valence-corrected chi connectivity index (χ3v) is 2.37. The van der Waals surface area contributed by atoms with Crippen molar-refractivity contribution < 1.29 is 13.9 Å². The summed E-state index contributed by atoms with van der Waals surface area (Å²) in [5.74, 6) is -0.292. The highest BCUT2D eigenvalue weighted by Gasteiger charge is 2.11. The lowest BCUT2D eigenvalue weighted by Gasteiger charge is -2.07. The summed E-state index contributed by atoms with van der Waals surface area (Å²) >= 11 is 0. The van der Waals surface area contributed by atoms with E-state index >= 15 is 0 Å². The van der Waals surface area contributed by atoms with E-state index in [4.69, 9.17) is 4.74 Å². The van der Waals surface area contributed by atoms with E-state index in [9.17, 15) is 9.18 Å². The zero-order valence-corrected chi connectivity index (χ0v) is 8.16. The van der Waals surface area contributed by atoms with Crippen LogP contribution in [0, 0.1) is 5.82 Å². The second-order valence-corrected chi connectivity index (χ2v) is 3.31. The molecule has 0 aliphatic rings. The first kappa shape index (κ1) is 9.71. The molecule has 1 atom stereocenters. The smallest absolute Gasteiger partial charge is 0.293 e. The van der Waals surface area contributed by atoms with E-state index in [1.54, 1.807) is 19.2 Å². The van der Waals surface area contributed by atoms with Gasteiger partial charge < -0.3 is 9.72 Å². The van der Waals surface area contributed by atoms with Crippen molar-refractivity contribution in [2.24, 2.45) is 0 Å². The summed E-state index contributed by atoms with van der Waals surface area (Å²) in [7, 11) is 0. The second-order valence-electron chi connectivity index (χ2n) is 3.31. The molecule has 1 N–H and O–H groups in total. The number of halogens is 1. The first-order valence-electron chi connectivity index (χ1n) is 4.58. The van der Waals surface area contributed by atoms with E-state index < -0.39 is 0 Å². The van der Waals surface area contributed by atoms with Gasteiger partial charge in [-0.15, -0.1) is 0 Å². The van der Waals surface area contributed by atoms with Crippen LogP contribution in [0.15, 0.2) is 24.4 Å². The van der Waals surface area contributed by atoms with Gasteiger partial charge in [0.05, 0.1) is 0 Å². The minimum Gasteiger partial charge on any atom is -0.460 e. The Labute approximate surface area is 85.9 Å². The Bertz CT molecular complexity index is 492. The predicted octanol–water partition coefficient (Wildman–Crippen LogP) is 2.54. The fourth-order valence-corrected chi connectivity index (χ4v) is 1.61. The normalized spacial score (nSPS) is 12.7. The van der Waals surface area contributed by atoms with Gasteiger partial charge in [0.2, 0.25) is 0 Å². The molecule has 0 spiro atoms. The Kier molecular flexibility index (Phi) is 2.41. The third-order valence-electron chi connectivity index (χ3n) is 2.37. The van der Waals surface area contributed by atoms with Gasteiger partial charge in [0, 0.05) is 22.7 Å². The number of aromatic amines is 1. The maximum absolute atomic E-state index is 12.9. The molecule has 0 bridgehead atoms. The first-order chi connectivity index (χ1) is 7.22. The summed E-state index contributed by atoms with van der Waals surface area (Å²) in [5.41, 5.74) is 1.54. The molecular formula is C11H10FNO2. The molecule has 2 aromatic rings. The van der Waals surface area contributed by atoms with Crippen molar-refractivity contribution in [3.63, 3.8) is 0 Å². The number of aromatic nitrogens is 1. The summed E-state index contributed by atoms with van der Waals surface area (Å²) in [5, 5.41) is 0.866. The van der Waals surface area contributed by atoms with E-state index in [1.165, 1.54) is 12.1 Å². The molecule has 0 aliphatic heterocycles. The number of rotatable bonds is 3. The number of benzene rings is 1. The number of H-pyrrole nitrogens is 1. The van der Waals surface area contributed by atoms with Gasteiger partial charge in [-0.3, -0.25) is 4.79 Å². The highest BCUT2D eigenvalue weighted by molar-refractivity contribution is 5.83. The van der Waals surface area contributed by atoms with Crippen molar-refractivity contribution in [2.75, 3.05) is 0 Å². The highest BCUT2D eigenvalue weighted by atomic mass is 19.1. The van der Waals surface area contributed by atoms with Gasteiger partial charge in [-0.25, -0.2) is 4.39 Å². The fourth-order valence-electron chi connectivity index (χ4n) is 1.61. The van der Waals surface area contributed by atoms with E-state index in [0.717, 1.165) is 10.9 Å². The molecular weight excluding hydrogens is 197 g/mol. The third kappa shape index (κ3) is 1.70. The average molecular weight is 207 g/mol. The number of nitrogens with one attached hydrogen (secondary N) is 1. The van der Waals surface area contributed by atoms with Crippen molar-refractivity contribution in [3.05, 3.63) is 35.8 Å². The summed E-state index contributed by atoms with van der Waals surface area (Å²) < 4.78 is 17.7. The van der Waals surface area contributed by atoms with Crippen LogP contribution in [0.2, 0.25) is 0 Å². The maximum Gasteiger partial charge on any atom is 0.293 e. The Morgan fingerprint density at radius 3 is 3.07 bits per heavy atom. The Morgan fingerprint density at radius 1 is 1.53 bits per heavy atom. The highest BCUT2D eigenvalue weighted by Crippen LogP contribution is 2.26. The first-order valence-corrected chi connectivity index (χ1v) is 4.58. The molecule has 3 nitrogen and oxygen atoms in total. The van der Waals surface area contributed by atoms with Crippen LogP contribution in [0.3, 0.4) is 0 Å². The van der Waals surface area contributed by atoms with Crippen LogP contribution >= 0.6 is 0 Å². The monoisotopic (exact) mass is 207 g/mol. The lowest BCUT2D eigenvalue weighted by atomic mass is 10.1. The van der Waals surface area contributed by atoms with Gasteiger partial charge in [0.1, 0.15) is 11.9 Å². The quantitative estimate of drug-likeness (QED) is 0.786. The van der Waals surface area contributed by atoms with Crippen molar-refractivity contribution in [3.8, 4) is 0 Å². The zero-order chi connectivity index (χ0) is 10.8. The number of carbonyl (C=O) groups excluding carboxylic acids is 1. The van der Waals surface area contributed by atoms with Gasteiger partial charge >= 0.3 is 0 Å². The second kappa shape index (κ2) is 3.73. The van der Waals surface area contributed by atoms with Crippen LogP contribution in [0.1, 0.15) is 18.6 Å². The Balaban J connectivity index is 2.49. The topological polar surface area (TPSA) is 42.1 Å². The molecule has 1 unspecified atom stereocenters. The predicted molar refractivity (Wildman–Crippen MR) is 53.8 cm³/mol. The molecule has 15 heavy (non-hydrogen) atoms. The number of fused-ring (bicyclic) bond motifs is 1. The van der Waals surface area contributed by atoms with E-state index in [-0.39, 0.29) is 11.9 Å². The van der Waals surface area contributed by atoms with Crippen molar-refractivity contribution in [1.29, 1.82) is 0 Å². The standard InChI is InChI=1S/C11H10FNO2/c1-7(15-6-14)10-5-13-11-4-8(12)2-3-9(10)11/h2-7,13H,1H3. The number of hydrogen-bond donors (Lipinski definition) is 1. The van der Waals surface area contributed by atoms with Gasteiger partial charge in [-0.1, -0.05) is 0 Å². The molecule has 2 rings (SSSR count). The van der Waals surface area contributed by atoms with Crippen LogP contribution in [0.25, 0.3) is 10.9 Å². The fraction of sp³-hybridized carbons (Fsp3) is 0.182. The lowest BCUT2D eigenvalue weighted by Crippen LogP contribution is -1.96. The van der Waals surface area contributed by atoms with Crippen LogP contribution in [-0.4, -0.2) is 11.5 Å². The molecule has 0 radical (unpaired) electrons. The zero-order valence-electron chi connectivity index (χ0n) is 8.16. The van der Waals surface area contributed by atoms with Crippen LogP contribution in [-0.2, 0) is 9.53 Å². The molecule has 0 saturated carbocycles. The van der Waals surface area contributed by atoms with Crippen LogP contribution < -0.4 is 0 Å². The average Bonchev–Trinajstić information content (AvgIpc) is 2.60. The number of carbonyl (C=O) groups is 1. The largest absolute Gasteiger partial charge is 0.460 e. The van der Waals surface area contributed by atoms with E-state index in [2.05, 4.69) is 4.98 Å². The van der Waals surface area contributed by atoms with Gasteiger partial charge in [-0.05, 0) is 25.1 Å². The lowest BCUT2D eigenvalue weighted by molar-refractivity contribution is -0.133. The summed E-state index contributed by atoms with van der Waals surface area (Å²) in [4.78, 5) is 13.1. The molecule has 1 aromatic heterocycles. The van der Waals surface area contributed by atoms with E-state index in [1.807, 2.05) is 0 Å². The minimum atomic E-state index is -0.332. The van der Waals surface area contributed by atoms with Crippen molar-refractivity contribution >= 4 is 17.4 Å².